The number of amides is 1. The maximum absolute atomic E-state index is 13.3. The second-order valence-corrected chi connectivity index (χ2v) is 11.0. The third-order valence-electron chi connectivity index (χ3n) is 5.97. The van der Waals surface area contributed by atoms with E-state index in [4.69, 9.17) is 0 Å². The number of nitrogens with one attached hydrogen (secondary N) is 1. The third-order valence-corrected chi connectivity index (χ3v) is 8.15. The average molecular weight is 561 g/mol. The summed E-state index contributed by atoms with van der Waals surface area (Å²) in [5.74, 6) is -0.889. The number of hydrogen-bond donors (Lipinski definition) is 1. The van der Waals surface area contributed by atoms with E-state index in [-0.39, 0.29) is 22.8 Å². The fourth-order valence-corrected chi connectivity index (χ4v) is 6.09. The molecule has 0 spiro atoms. The molecule has 1 amide bonds. The van der Waals surface area contributed by atoms with Gasteiger partial charge in [-0.1, -0.05) is 41.6 Å². The molecule has 0 unspecified atom stereocenters. The smallest absolute Gasteiger partial charge is 0.272 e. The molecule has 39 heavy (non-hydrogen) atoms. The van der Waals surface area contributed by atoms with Crippen molar-refractivity contribution in [3.63, 3.8) is 0 Å². The van der Waals surface area contributed by atoms with Gasteiger partial charge in [-0.3, -0.25) is 24.3 Å². The van der Waals surface area contributed by atoms with Gasteiger partial charge in [-0.25, -0.2) is 9.37 Å². The van der Waals surface area contributed by atoms with Gasteiger partial charge in [0.25, 0.3) is 17.2 Å². The molecule has 5 rings (SSSR count). The lowest BCUT2D eigenvalue weighted by atomic mass is 10.1. The van der Waals surface area contributed by atoms with Crippen LogP contribution in [0.5, 0.6) is 0 Å². The third kappa shape index (κ3) is 5.74. The zero-order valence-electron chi connectivity index (χ0n) is 20.8. The van der Waals surface area contributed by atoms with E-state index in [2.05, 4.69) is 10.3 Å². The van der Waals surface area contributed by atoms with E-state index in [1.807, 2.05) is 31.2 Å². The molecular weight excluding hydrogens is 539 g/mol. The average Bonchev–Trinajstić information content (AvgIpc) is 3.24. The van der Waals surface area contributed by atoms with Gasteiger partial charge in [0.15, 0.2) is 0 Å². The van der Waals surface area contributed by atoms with Crippen molar-refractivity contribution in [2.45, 2.75) is 30.2 Å². The topological polar surface area (TPSA) is 107 Å². The SMILES string of the molecule is Cc1cccc(Cn2cnc3sc(C(=O)Nc4cc(Sc5ccc(F)cc5)cc([N+](=O)[O-])c4)c(C)c3c2=O)c1. The van der Waals surface area contributed by atoms with Gasteiger partial charge in [-0.15, -0.1) is 11.3 Å². The molecule has 8 nitrogen and oxygen atoms in total. The lowest BCUT2D eigenvalue weighted by Gasteiger charge is -2.08. The molecule has 0 fully saturated rings. The molecule has 0 saturated heterocycles. The normalized spacial score (nSPS) is 11.1. The van der Waals surface area contributed by atoms with Crippen LogP contribution in [-0.4, -0.2) is 20.4 Å². The minimum atomic E-state index is -0.546. The van der Waals surface area contributed by atoms with Gasteiger partial charge in [0.1, 0.15) is 10.6 Å². The van der Waals surface area contributed by atoms with Gasteiger partial charge in [0.05, 0.1) is 28.1 Å². The Kier molecular flexibility index (Phi) is 7.27. The second-order valence-electron chi connectivity index (χ2n) is 8.89. The number of benzene rings is 3. The highest BCUT2D eigenvalue weighted by molar-refractivity contribution is 7.99. The standard InChI is InChI=1S/C28H21FN4O4S2/c1-16-4-3-5-18(10-16)14-32-15-30-27-24(28(32)35)17(2)25(39-27)26(34)31-20-11-21(33(36)37)13-23(12-20)38-22-8-6-19(29)7-9-22/h3-13,15H,14H2,1-2H3,(H,31,34). The number of nitro benzene ring substituents is 1. The van der Waals surface area contributed by atoms with Crippen LogP contribution in [-0.2, 0) is 6.54 Å². The summed E-state index contributed by atoms with van der Waals surface area (Å²) in [6.07, 6.45) is 1.48. The number of anilines is 1. The number of thiophene rings is 1. The van der Waals surface area contributed by atoms with E-state index >= 15 is 0 Å². The summed E-state index contributed by atoms with van der Waals surface area (Å²) >= 11 is 2.29. The van der Waals surface area contributed by atoms with Crippen molar-refractivity contribution >= 4 is 50.6 Å². The van der Waals surface area contributed by atoms with Crippen molar-refractivity contribution in [1.29, 1.82) is 0 Å². The quantitative estimate of drug-likeness (QED) is 0.178. The summed E-state index contributed by atoms with van der Waals surface area (Å²) in [7, 11) is 0. The number of nitrogens with zero attached hydrogens (tertiary/aromatic N) is 3. The molecule has 5 aromatic rings. The summed E-state index contributed by atoms with van der Waals surface area (Å²) < 4.78 is 14.8. The first-order valence-electron chi connectivity index (χ1n) is 11.8. The van der Waals surface area contributed by atoms with Gasteiger partial charge in [-0.05, 0) is 55.3 Å². The number of nitro groups is 1. The van der Waals surface area contributed by atoms with Crippen molar-refractivity contribution in [3.05, 3.63) is 121 Å². The maximum atomic E-state index is 13.3. The van der Waals surface area contributed by atoms with Crippen LogP contribution >= 0.6 is 23.1 Å². The molecule has 0 atom stereocenters. The lowest BCUT2D eigenvalue weighted by molar-refractivity contribution is -0.385. The van der Waals surface area contributed by atoms with Crippen LogP contribution < -0.4 is 10.9 Å². The van der Waals surface area contributed by atoms with Crippen LogP contribution in [0.1, 0.15) is 26.4 Å². The van der Waals surface area contributed by atoms with Crippen molar-refractivity contribution in [1.82, 2.24) is 9.55 Å². The molecule has 11 heteroatoms. The van der Waals surface area contributed by atoms with E-state index in [1.165, 1.54) is 46.9 Å². The van der Waals surface area contributed by atoms with Crippen LogP contribution in [0.3, 0.4) is 0 Å². The second kappa shape index (κ2) is 10.8. The number of rotatable bonds is 7. The molecule has 0 saturated carbocycles. The van der Waals surface area contributed by atoms with Crippen LogP contribution in [0.4, 0.5) is 15.8 Å². The maximum Gasteiger partial charge on any atom is 0.272 e. The number of fused-ring (bicyclic) bond motifs is 1. The summed E-state index contributed by atoms with van der Waals surface area (Å²) in [5, 5.41) is 14.6. The Labute approximate surface area is 230 Å². The first-order valence-corrected chi connectivity index (χ1v) is 13.4. The van der Waals surface area contributed by atoms with Crippen LogP contribution in [0.25, 0.3) is 10.2 Å². The molecule has 196 valence electrons. The Morgan fingerprint density at radius 2 is 1.87 bits per heavy atom. The fourth-order valence-electron chi connectivity index (χ4n) is 4.14. The van der Waals surface area contributed by atoms with Crippen molar-refractivity contribution in [2.24, 2.45) is 0 Å². The Morgan fingerprint density at radius 3 is 2.59 bits per heavy atom. The number of non-ortho nitro benzene ring substituents is 1. The van der Waals surface area contributed by atoms with Crippen molar-refractivity contribution in [2.75, 3.05) is 5.32 Å². The van der Waals surface area contributed by atoms with Gasteiger partial charge in [-0.2, -0.15) is 0 Å². The van der Waals surface area contributed by atoms with Gasteiger partial charge >= 0.3 is 0 Å². The van der Waals surface area contributed by atoms with Gasteiger partial charge in [0.2, 0.25) is 0 Å². The number of aromatic nitrogens is 2. The number of hydrogen-bond acceptors (Lipinski definition) is 7. The Morgan fingerprint density at radius 1 is 1.10 bits per heavy atom. The zero-order chi connectivity index (χ0) is 27.7. The highest BCUT2D eigenvalue weighted by Gasteiger charge is 2.21. The Hall–Kier alpha value is -4.35. The zero-order valence-corrected chi connectivity index (χ0v) is 22.4. The predicted molar refractivity (Wildman–Crippen MR) is 150 cm³/mol. The van der Waals surface area contributed by atoms with E-state index in [0.717, 1.165) is 22.5 Å². The minimum absolute atomic E-state index is 0.203. The van der Waals surface area contributed by atoms with Crippen LogP contribution in [0.15, 0.2) is 87.6 Å². The highest BCUT2D eigenvalue weighted by atomic mass is 32.2. The van der Waals surface area contributed by atoms with E-state index in [9.17, 15) is 24.1 Å². The Bertz CT molecular complexity index is 1800. The molecule has 2 aromatic heterocycles. The summed E-state index contributed by atoms with van der Waals surface area (Å²) in [5.41, 5.74) is 2.31. The number of carbonyl (C=O) groups excluding carboxylic acids is 1. The first-order chi connectivity index (χ1) is 18.7. The van der Waals surface area contributed by atoms with E-state index in [1.54, 1.807) is 25.1 Å². The monoisotopic (exact) mass is 560 g/mol. The number of aryl methyl sites for hydroxylation is 2. The molecule has 3 aromatic carbocycles. The van der Waals surface area contributed by atoms with Crippen LogP contribution in [0.2, 0.25) is 0 Å². The van der Waals surface area contributed by atoms with Gasteiger partial charge < -0.3 is 5.32 Å². The molecule has 0 aliphatic carbocycles. The molecule has 0 aliphatic rings. The summed E-state index contributed by atoms with van der Waals surface area (Å²) in [6, 6.07) is 17.8. The number of carbonyl (C=O) groups is 1. The lowest BCUT2D eigenvalue weighted by Crippen LogP contribution is -2.21. The van der Waals surface area contributed by atoms with E-state index in [0.29, 0.717) is 37.0 Å². The van der Waals surface area contributed by atoms with Crippen LogP contribution in [0, 0.1) is 29.8 Å². The molecule has 0 radical (unpaired) electrons. The molecule has 0 aliphatic heterocycles. The van der Waals surface area contributed by atoms with Crippen molar-refractivity contribution in [3.8, 4) is 0 Å². The molecule has 1 N–H and O–H groups in total. The number of halogens is 1. The molecular formula is C28H21FN4O4S2. The largest absolute Gasteiger partial charge is 0.321 e. The Balaban J connectivity index is 1.44. The summed E-state index contributed by atoms with van der Waals surface area (Å²) in [4.78, 5) is 43.9. The predicted octanol–water partition coefficient (Wildman–Crippen LogP) is 6.57. The first kappa shape index (κ1) is 26.3. The minimum Gasteiger partial charge on any atom is -0.321 e. The summed E-state index contributed by atoms with van der Waals surface area (Å²) in [6.45, 7) is 4.02. The highest BCUT2D eigenvalue weighted by Crippen LogP contribution is 2.34. The van der Waals surface area contributed by atoms with E-state index < -0.39 is 10.8 Å². The fraction of sp³-hybridized carbons (Fsp3) is 0.107. The van der Waals surface area contributed by atoms with Gasteiger partial charge in [0, 0.05) is 27.6 Å². The molecule has 2 heterocycles. The molecule has 0 bridgehead atoms. The van der Waals surface area contributed by atoms with Crippen molar-refractivity contribution < 1.29 is 14.1 Å².